The summed E-state index contributed by atoms with van der Waals surface area (Å²) >= 11 is 7.46. The molecular weight excluding hydrogens is 456 g/mol. The van der Waals surface area contributed by atoms with Gasteiger partial charge in [-0.2, -0.15) is 0 Å². The maximum Gasteiger partial charge on any atom is 0.244 e. The highest BCUT2D eigenvalue weighted by Crippen LogP contribution is 2.25. The summed E-state index contributed by atoms with van der Waals surface area (Å²) in [6, 6.07) is 20.5. The molecule has 2 amide bonds. The Bertz CT molecular complexity index is 1340. The Kier molecular flexibility index (Phi) is 7.01. The molecule has 168 valence electrons. The van der Waals surface area contributed by atoms with Crippen LogP contribution in [-0.2, 0) is 16.1 Å². The van der Waals surface area contributed by atoms with E-state index in [0.717, 1.165) is 22.3 Å². The number of amides is 2. The van der Waals surface area contributed by atoms with E-state index in [-0.39, 0.29) is 24.1 Å². The third-order valence-electron chi connectivity index (χ3n) is 5.19. The maximum atomic E-state index is 12.8. The molecule has 3 aromatic carbocycles. The number of anilines is 2. The molecule has 4 aromatic rings. The van der Waals surface area contributed by atoms with E-state index in [1.54, 1.807) is 18.2 Å². The number of para-hydroxylation sites is 3. The first-order valence-corrected chi connectivity index (χ1v) is 11.8. The lowest BCUT2D eigenvalue weighted by Gasteiger charge is -2.11. The zero-order valence-electron chi connectivity index (χ0n) is 18.3. The van der Waals surface area contributed by atoms with Gasteiger partial charge in [0.25, 0.3) is 0 Å². The number of benzene rings is 3. The molecule has 0 radical (unpaired) electrons. The number of rotatable bonds is 7. The Morgan fingerprint density at radius 2 is 1.70 bits per heavy atom. The molecule has 8 heteroatoms. The summed E-state index contributed by atoms with van der Waals surface area (Å²) in [5.74, 6) is -0.197. The molecule has 0 spiro atoms. The Hall–Kier alpha value is -3.29. The molecule has 0 aliphatic carbocycles. The van der Waals surface area contributed by atoms with E-state index < -0.39 is 0 Å². The first-order valence-electron chi connectivity index (χ1n) is 10.4. The fraction of sp³-hybridized carbons (Fsp3) is 0.160. The van der Waals surface area contributed by atoms with Crippen molar-refractivity contribution in [2.75, 3.05) is 16.4 Å². The Morgan fingerprint density at radius 1 is 0.939 bits per heavy atom. The Morgan fingerprint density at radius 3 is 2.48 bits per heavy atom. The van der Waals surface area contributed by atoms with Gasteiger partial charge < -0.3 is 15.2 Å². The van der Waals surface area contributed by atoms with Crippen molar-refractivity contribution in [2.24, 2.45) is 0 Å². The number of hydrogen-bond acceptors (Lipinski definition) is 4. The minimum absolute atomic E-state index is 0.0485. The van der Waals surface area contributed by atoms with Crippen molar-refractivity contribution in [1.82, 2.24) is 9.55 Å². The van der Waals surface area contributed by atoms with Crippen molar-refractivity contribution < 1.29 is 9.59 Å². The molecular formula is C25H23ClN4O2S. The predicted molar refractivity (Wildman–Crippen MR) is 135 cm³/mol. The summed E-state index contributed by atoms with van der Waals surface area (Å²) in [7, 11) is 0. The minimum Gasteiger partial charge on any atom is -0.325 e. The molecule has 33 heavy (non-hydrogen) atoms. The molecule has 0 saturated carbocycles. The zero-order chi connectivity index (χ0) is 23.4. The van der Waals surface area contributed by atoms with E-state index in [2.05, 4.69) is 15.6 Å². The second-order valence-electron chi connectivity index (χ2n) is 7.63. The molecule has 1 aromatic heterocycles. The van der Waals surface area contributed by atoms with Crippen LogP contribution in [0.25, 0.3) is 11.0 Å². The van der Waals surface area contributed by atoms with Crippen LogP contribution in [0, 0.1) is 13.8 Å². The molecule has 2 N–H and O–H groups in total. The second kappa shape index (κ2) is 10.1. The van der Waals surface area contributed by atoms with E-state index in [9.17, 15) is 9.59 Å². The van der Waals surface area contributed by atoms with Gasteiger partial charge in [-0.1, -0.05) is 53.7 Å². The number of aryl methyl sites for hydroxylation is 2. The number of thioether (sulfide) groups is 1. The van der Waals surface area contributed by atoms with Crippen LogP contribution in [0.4, 0.5) is 11.4 Å². The van der Waals surface area contributed by atoms with Crippen LogP contribution in [0.2, 0.25) is 5.02 Å². The summed E-state index contributed by atoms with van der Waals surface area (Å²) in [6.45, 7) is 4.09. The number of fused-ring (bicyclic) bond motifs is 1. The molecule has 0 fully saturated rings. The highest BCUT2D eigenvalue weighted by atomic mass is 35.5. The summed E-state index contributed by atoms with van der Waals surface area (Å²) < 4.78 is 1.81. The van der Waals surface area contributed by atoms with Crippen molar-refractivity contribution in [2.45, 2.75) is 25.5 Å². The molecule has 0 aliphatic rings. The maximum absolute atomic E-state index is 12.8. The van der Waals surface area contributed by atoms with E-state index in [1.807, 2.05) is 66.9 Å². The van der Waals surface area contributed by atoms with Gasteiger partial charge in [0.2, 0.25) is 11.8 Å². The first kappa shape index (κ1) is 22.9. The van der Waals surface area contributed by atoms with Crippen molar-refractivity contribution in [1.29, 1.82) is 0 Å². The lowest BCUT2D eigenvalue weighted by atomic mass is 10.1. The number of carbonyl (C=O) groups excluding carboxylic acids is 2. The lowest BCUT2D eigenvalue weighted by molar-refractivity contribution is -0.117. The number of nitrogens with zero attached hydrogens (tertiary/aromatic N) is 2. The number of nitrogens with one attached hydrogen (secondary N) is 2. The third-order valence-corrected chi connectivity index (χ3v) is 6.50. The Labute approximate surface area is 201 Å². The largest absolute Gasteiger partial charge is 0.325 e. The average molecular weight is 479 g/mol. The summed E-state index contributed by atoms with van der Waals surface area (Å²) in [4.78, 5) is 29.9. The van der Waals surface area contributed by atoms with Gasteiger partial charge in [-0.05, 0) is 61.4 Å². The van der Waals surface area contributed by atoms with Crippen molar-refractivity contribution in [3.63, 3.8) is 0 Å². The van der Waals surface area contributed by atoms with Gasteiger partial charge in [0.05, 0.1) is 27.5 Å². The van der Waals surface area contributed by atoms with Gasteiger partial charge >= 0.3 is 0 Å². The van der Waals surface area contributed by atoms with Crippen molar-refractivity contribution in [3.05, 3.63) is 82.9 Å². The van der Waals surface area contributed by atoms with Crippen molar-refractivity contribution in [3.8, 4) is 0 Å². The fourth-order valence-corrected chi connectivity index (χ4v) is 4.36. The van der Waals surface area contributed by atoms with Crippen LogP contribution in [0.1, 0.15) is 11.1 Å². The normalized spacial score (nSPS) is 10.9. The summed E-state index contributed by atoms with van der Waals surface area (Å²) in [6.07, 6.45) is 0. The molecule has 0 bridgehead atoms. The van der Waals surface area contributed by atoms with Crippen LogP contribution in [-0.4, -0.2) is 27.1 Å². The van der Waals surface area contributed by atoms with Gasteiger partial charge in [0.1, 0.15) is 6.54 Å². The monoisotopic (exact) mass is 478 g/mol. The molecule has 4 rings (SSSR count). The van der Waals surface area contributed by atoms with E-state index >= 15 is 0 Å². The highest BCUT2D eigenvalue weighted by molar-refractivity contribution is 7.99. The Balaban J connectivity index is 1.48. The van der Waals surface area contributed by atoms with Crippen LogP contribution in [0.5, 0.6) is 0 Å². The van der Waals surface area contributed by atoms with Crippen LogP contribution >= 0.6 is 23.4 Å². The minimum atomic E-state index is -0.229. The number of hydrogen-bond donors (Lipinski definition) is 2. The number of halogens is 1. The van der Waals surface area contributed by atoms with Gasteiger partial charge in [0, 0.05) is 5.69 Å². The molecule has 0 atom stereocenters. The van der Waals surface area contributed by atoms with Crippen LogP contribution in [0.3, 0.4) is 0 Å². The van der Waals surface area contributed by atoms with Gasteiger partial charge in [0.15, 0.2) is 5.16 Å². The number of carbonyl (C=O) groups is 2. The highest BCUT2D eigenvalue weighted by Gasteiger charge is 2.16. The SMILES string of the molecule is Cc1ccc(NC(=O)CSc2nc3ccccc3n2CC(=O)Nc2ccccc2Cl)cc1C. The second-order valence-corrected chi connectivity index (χ2v) is 8.98. The molecule has 0 unspecified atom stereocenters. The molecule has 1 heterocycles. The molecule has 0 saturated heterocycles. The van der Waals surface area contributed by atoms with E-state index in [1.165, 1.54) is 17.3 Å². The van der Waals surface area contributed by atoms with Gasteiger partial charge in [-0.3, -0.25) is 9.59 Å². The standard InChI is InChI=1S/C25H23ClN4O2S/c1-16-11-12-18(13-17(16)2)27-24(32)15-33-25-29-21-9-5-6-10-22(21)30(25)14-23(31)28-20-8-4-3-7-19(20)26/h3-13H,14-15H2,1-2H3,(H,27,32)(H,28,31). The number of imidazole rings is 1. The predicted octanol–water partition coefficient (Wildman–Crippen LogP) is 5.68. The smallest absolute Gasteiger partial charge is 0.244 e. The van der Waals surface area contributed by atoms with Crippen molar-refractivity contribution >= 4 is 57.6 Å². The zero-order valence-corrected chi connectivity index (χ0v) is 19.8. The average Bonchev–Trinajstić information content (AvgIpc) is 3.14. The topological polar surface area (TPSA) is 76.0 Å². The van der Waals surface area contributed by atoms with E-state index in [4.69, 9.17) is 11.6 Å². The van der Waals surface area contributed by atoms with Crippen LogP contribution in [0.15, 0.2) is 71.9 Å². The van der Waals surface area contributed by atoms with Gasteiger partial charge in [-0.25, -0.2) is 4.98 Å². The summed E-state index contributed by atoms with van der Waals surface area (Å²) in [5, 5.41) is 6.83. The summed E-state index contributed by atoms with van der Waals surface area (Å²) in [5.41, 5.74) is 5.19. The molecule has 0 aliphatic heterocycles. The first-order chi connectivity index (χ1) is 15.9. The van der Waals surface area contributed by atoms with Gasteiger partial charge in [-0.15, -0.1) is 0 Å². The van der Waals surface area contributed by atoms with E-state index in [0.29, 0.717) is 15.9 Å². The third kappa shape index (κ3) is 5.56. The fourth-order valence-electron chi connectivity index (χ4n) is 3.36. The lowest BCUT2D eigenvalue weighted by Crippen LogP contribution is -2.20. The quantitative estimate of drug-likeness (QED) is 0.335. The van der Waals surface area contributed by atoms with Crippen LogP contribution < -0.4 is 10.6 Å². The molecule has 6 nitrogen and oxygen atoms in total. The number of aromatic nitrogens is 2.